The van der Waals surface area contributed by atoms with Crippen LogP contribution in [0.5, 0.6) is 0 Å². The number of hydrogen-bond acceptors (Lipinski definition) is 3. The average molecular weight is 191 g/mol. The van der Waals surface area contributed by atoms with Crippen molar-refractivity contribution in [2.75, 3.05) is 24.7 Å². The van der Waals surface area contributed by atoms with Crippen molar-refractivity contribution in [3.05, 3.63) is 23.9 Å². The molecule has 14 heavy (non-hydrogen) atoms. The van der Waals surface area contributed by atoms with Gasteiger partial charge in [-0.15, -0.1) is 0 Å². The largest absolute Gasteiger partial charge is 0.356 e. The normalized spacial score (nSPS) is 16.1. The van der Waals surface area contributed by atoms with Crippen molar-refractivity contribution < 1.29 is 4.39 Å². The zero-order valence-corrected chi connectivity index (χ0v) is 7.65. The van der Waals surface area contributed by atoms with Crippen LogP contribution in [0.4, 0.5) is 10.2 Å². The zero-order valence-electron chi connectivity index (χ0n) is 7.65. The van der Waals surface area contributed by atoms with Gasteiger partial charge in [-0.25, -0.2) is 4.98 Å². The van der Waals surface area contributed by atoms with Crippen LogP contribution in [0.15, 0.2) is 18.2 Å². The van der Waals surface area contributed by atoms with Gasteiger partial charge in [0.2, 0.25) is 0 Å². The predicted molar refractivity (Wildman–Crippen MR) is 50.6 cm³/mol. The van der Waals surface area contributed by atoms with Crippen LogP contribution in [0.2, 0.25) is 0 Å². The summed E-state index contributed by atoms with van der Waals surface area (Å²) in [6.45, 7) is 1.14. The highest BCUT2D eigenvalue weighted by molar-refractivity contribution is 5.44. The second kappa shape index (κ2) is 3.62. The summed E-state index contributed by atoms with van der Waals surface area (Å²) in [7, 11) is 0. The molecule has 0 bridgehead atoms. The molecule has 2 heterocycles. The van der Waals surface area contributed by atoms with E-state index in [-0.39, 0.29) is 12.6 Å². The van der Waals surface area contributed by atoms with E-state index in [4.69, 9.17) is 5.26 Å². The molecule has 72 valence electrons. The summed E-state index contributed by atoms with van der Waals surface area (Å²) in [6.07, 6.45) is 0. The van der Waals surface area contributed by atoms with Gasteiger partial charge in [-0.05, 0) is 12.1 Å². The van der Waals surface area contributed by atoms with Gasteiger partial charge in [-0.1, -0.05) is 6.07 Å². The lowest BCUT2D eigenvalue weighted by Gasteiger charge is -2.38. The maximum Gasteiger partial charge on any atom is 0.142 e. The number of pyridine rings is 1. The lowest BCUT2D eigenvalue weighted by molar-refractivity contribution is 0.305. The minimum atomic E-state index is -0.269. The monoisotopic (exact) mass is 191 g/mol. The van der Waals surface area contributed by atoms with E-state index >= 15 is 0 Å². The molecule has 0 aromatic carbocycles. The van der Waals surface area contributed by atoms with Crippen LogP contribution in [-0.4, -0.2) is 24.7 Å². The van der Waals surface area contributed by atoms with Crippen molar-refractivity contribution in [3.63, 3.8) is 0 Å². The number of anilines is 1. The molecule has 1 saturated heterocycles. The van der Waals surface area contributed by atoms with Gasteiger partial charge in [-0.3, -0.25) is 4.39 Å². The van der Waals surface area contributed by atoms with Crippen LogP contribution in [-0.2, 0) is 0 Å². The van der Waals surface area contributed by atoms with Crippen molar-refractivity contribution in [1.29, 1.82) is 5.26 Å². The number of alkyl halides is 1. The molecule has 0 spiro atoms. The van der Waals surface area contributed by atoms with E-state index in [0.717, 1.165) is 5.82 Å². The van der Waals surface area contributed by atoms with Crippen molar-refractivity contribution in [2.45, 2.75) is 0 Å². The number of halogens is 1. The quantitative estimate of drug-likeness (QED) is 0.708. The van der Waals surface area contributed by atoms with Crippen LogP contribution in [0.1, 0.15) is 5.69 Å². The fraction of sp³-hybridized carbons (Fsp3) is 0.400. The second-order valence-corrected chi connectivity index (χ2v) is 3.42. The highest BCUT2D eigenvalue weighted by Crippen LogP contribution is 2.22. The minimum Gasteiger partial charge on any atom is -0.356 e. The third-order valence-corrected chi connectivity index (χ3v) is 2.35. The first-order valence-corrected chi connectivity index (χ1v) is 4.51. The Bertz CT molecular complexity index is 366. The average Bonchev–Trinajstić information content (AvgIpc) is 2.17. The molecule has 0 radical (unpaired) electrons. The summed E-state index contributed by atoms with van der Waals surface area (Å²) in [6, 6.07) is 7.28. The second-order valence-electron chi connectivity index (χ2n) is 3.42. The van der Waals surface area contributed by atoms with Gasteiger partial charge in [0.25, 0.3) is 0 Å². The summed E-state index contributed by atoms with van der Waals surface area (Å²) >= 11 is 0. The molecule has 4 heteroatoms. The number of nitrogens with zero attached hydrogens (tertiary/aromatic N) is 3. The SMILES string of the molecule is N#Cc1cccc(N2CC(CF)C2)n1. The Kier molecular flexibility index (Phi) is 2.32. The Morgan fingerprint density at radius 1 is 1.57 bits per heavy atom. The molecular formula is C10H10FN3. The van der Waals surface area contributed by atoms with Crippen LogP contribution in [0.3, 0.4) is 0 Å². The molecule has 2 rings (SSSR count). The lowest BCUT2D eigenvalue weighted by atomic mass is 10.0. The van der Waals surface area contributed by atoms with E-state index in [2.05, 4.69) is 4.98 Å². The Balaban J connectivity index is 2.08. The van der Waals surface area contributed by atoms with Crippen LogP contribution < -0.4 is 4.90 Å². The van der Waals surface area contributed by atoms with Crippen LogP contribution in [0, 0.1) is 17.2 Å². The molecular weight excluding hydrogens is 181 g/mol. The highest BCUT2D eigenvalue weighted by Gasteiger charge is 2.27. The standard InChI is InChI=1S/C10H10FN3/c11-4-8-6-14(7-8)10-3-1-2-9(5-12)13-10/h1-3,8H,4,6-7H2. The van der Waals surface area contributed by atoms with Gasteiger partial charge in [-0.2, -0.15) is 5.26 Å². The Labute approximate surface area is 81.8 Å². The summed E-state index contributed by atoms with van der Waals surface area (Å²) in [4.78, 5) is 6.10. The van der Waals surface area contributed by atoms with Gasteiger partial charge < -0.3 is 4.90 Å². The molecule has 1 aromatic heterocycles. The molecule has 3 nitrogen and oxygen atoms in total. The smallest absolute Gasteiger partial charge is 0.142 e. The molecule has 0 atom stereocenters. The van der Waals surface area contributed by atoms with Crippen molar-refractivity contribution >= 4 is 5.82 Å². The third-order valence-electron chi connectivity index (χ3n) is 2.35. The Hall–Kier alpha value is -1.63. The topological polar surface area (TPSA) is 39.9 Å². The van der Waals surface area contributed by atoms with E-state index < -0.39 is 0 Å². The molecule has 1 aliphatic heterocycles. The summed E-state index contributed by atoms with van der Waals surface area (Å²) < 4.78 is 12.2. The molecule has 0 N–H and O–H groups in total. The molecule has 1 fully saturated rings. The molecule has 1 aromatic rings. The molecule has 0 saturated carbocycles. The van der Waals surface area contributed by atoms with Crippen LogP contribution >= 0.6 is 0 Å². The van der Waals surface area contributed by atoms with E-state index in [1.807, 2.05) is 17.0 Å². The fourth-order valence-electron chi connectivity index (χ4n) is 1.52. The first-order valence-electron chi connectivity index (χ1n) is 4.51. The van der Waals surface area contributed by atoms with Gasteiger partial charge in [0.05, 0.1) is 6.67 Å². The van der Waals surface area contributed by atoms with E-state index in [9.17, 15) is 4.39 Å². The number of rotatable bonds is 2. The van der Waals surface area contributed by atoms with Gasteiger partial charge in [0.1, 0.15) is 17.6 Å². The van der Waals surface area contributed by atoms with Gasteiger partial charge >= 0.3 is 0 Å². The van der Waals surface area contributed by atoms with Crippen LogP contribution in [0.25, 0.3) is 0 Å². The number of nitriles is 1. The third kappa shape index (κ3) is 1.53. The highest BCUT2D eigenvalue weighted by atomic mass is 19.1. The van der Waals surface area contributed by atoms with Crippen molar-refractivity contribution in [2.24, 2.45) is 5.92 Å². The van der Waals surface area contributed by atoms with E-state index in [0.29, 0.717) is 18.8 Å². The fourth-order valence-corrected chi connectivity index (χ4v) is 1.52. The predicted octanol–water partition coefficient (Wildman–Crippen LogP) is 1.36. The lowest BCUT2D eigenvalue weighted by Crippen LogP contribution is -2.48. The maximum absolute atomic E-state index is 12.2. The minimum absolute atomic E-state index is 0.141. The van der Waals surface area contributed by atoms with Crippen molar-refractivity contribution in [1.82, 2.24) is 4.98 Å². The maximum atomic E-state index is 12.2. The number of hydrogen-bond donors (Lipinski definition) is 0. The van der Waals surface area contributed by atoms with Gasteiger partial charge in [0.15, 0.2) is 0 Å². The van der Waals surface area contributed by atoms with E-state index in [1.165, 1.54) is 0 Å². The Morgan fingerprint density at radius 3 is 3.00 bits per heavy atom. The molecule has 0 aliphatic carbocycles. The first kappa shape index (κ1) is 8.95. The summed E-state index contributed by atoms with van der Waals surface area (Å²) in [5.74, 6) is 0.913. The molecule has 0 amide bonds. The molecule has 1 aliphatic rings. The van der Waals surface area contributed by atoms with E-state index in [1.54, 1.807) is 12.1 Å². The van der Waals surface area contributed by atoms with Crippen molar-refractivity contribution in [3.8, 4) is 6.07 Å². The summed E-state index contributed by atoms with van der Waals surface area (Å²) in [5, 5.41) is 8.64. The van der Waals surface area contributed by atoms with Gasteiger partial charge in [0, 0.05) is 19.0 Å². The zero-order chi connectivity index (χ0) is 9.97. The first-order chi connectivity index (χ1) is 6.83. The summed E-state index contributed by atoms with van der Waals surface area (Å²) in [5.41, 5.74) is 0.409. The molecule has 0 unspecified atom stereocenters. The Morgan fingerprint density at radius 2 is 2.36 bits per heavy atom. The number of aromatic nitrogens is 1.